The number of aryl methyl sites for hydroxylation is 1. The molecule has 2 nitrogen and oxygen atoms in total. The number of hydrogen-bond acceptors (Lipinski definition) is 2. The van der Waals surface area contributed by atoms with Crippen LogP contribution in [0.25, 0.3) is 0 Å². The van der Waals surface area contributed by atoms with E-state index in [-0.39, 0.29) is 5.11 Å². The maximum Gasteiger partial charge on any atom is 0.168 e. The molecule has 0 fully saturated rings. The fraction of sp³-hybridized carbons (Fsp3) is 0.125. The molecule has 0 aliphatic heterocycles. The van der Waals surface area contributed by atoms with Crippen molar-refractivity contribution >= 4 is 35.6 Å². The van der Waals surface area contributed by atoms with Gasteiger partial charge in [0, 0.05) is 4.90 Å². The number of benzene rings is 1. The predicted octanol–water partition coefficient (Wildman–Crippen LogP) is 1.94. The molecule has 0 saturated heterocycles. The smallest absolute Gasteiger partial charge is 0.168 e. The fourth-order valence-electron chi connectivity index (χ4n) is 0.893. The van der Waals surface area contributed by atoms with Gasteiger partial charge < -0.3 is 11.1 Å². The second kappa shape index (κ2) is 3.78. The van der Waals surface area contributed by atoms with Gasteiger partial charge in [-0.25, -0.2) is 0 Å². The topological polar surface area (TPSA) is 38.0 Å². The van der Waals surface area contributed by atoms with E-state index in [1.54, 1.807) is 0 Å². The molecule has 3 N–H and O–H groups in total. The molecule has 0 saturated carbocycles. The quantitative estimate of drug-likeness (QED) is 0.477. The van der Waals surface area contributed by atoms with Crippen LogP contribution in [-0.2, 0) is 0 Å². The first-order chi connectivity index (χ1) is 5.61. The molecular formula is C8H10N2S2. The molecule has 0 unspecified atom stereocenters. The van der Waals surface area contributed by atoms with Crippen molar-refractivity contribution in [2.45, 2.75) is 11.8 Å². The van der Waals surface area contributed by atoms with Gasteiger partial charge in [-0.1, -0.05) is 12.1 Å². The first kappa shape index (κ1) is 9.35. The molecule has 0 atom stereocenters. The molecule has 0 aliphatic rings. The van der Waals surface area contributed by atoms with Gasteiger partial charge in [-0.15, -0.1) is 12.6 Å². The molecule has 0 heterocycles. The third-order valence-corrected chi connectivity index (χ3v) is 2.19. The minimum Gasteiger partial charge on any atom is -0.376 e. The Kier molecular flexibility index (Phi) is 2.94. The maximum absolute atomic E-state index is 5.33. The molecule has 1 aromatic carbocycles. The molecule has 0 radical (unpaired) electrons. The van der Waals surface area contributed by atoms with E-state index >= 15 is 0 Å². The predicted molar refractivity (Wildman–Crippen MR) is 58.8 cm³/mol. The number of anilines is 1. The standard InChI is InChI=1S/C8H10N2S2/c1-5-3-2-4-6(7(5)11)10-8(9)12/h2-4,11H,1H3,(H3,9,10,12). The summed E-state index contributed by atoms with van der Waals surface area (Å²) in [4.78, 5) is 0.880. The van der Waals surface area contributed by atoms with Crippen molar-refractivity contribution in [3.05, 3.63) is 23.8 Å². The molecule has 1 aromatic rings. The number of thiocarbonyl (C=S) groups is 1. The van der Waals surface area contributed by atoms with E-state index in [1.807, 2.05) is 25.1 Å². The highest BCUT2D eigenvalue weighted by Gasteiger charge is 2.00. The van der Waals surface area contributed by atoms with Gasteiger partial charge in [0.25, 0.3) is 0 Å². The highest BCUT2D eigenvalue weighted by molar-refractivity contribution is 7.81. The van der Waals surface area contributed by atoms with Gasteiger partial charge in [-0.3, -0.25) is 0 Å². The van der Waals surface area contributed by atoms with Crippen LogP contribution in [0.5, 0.6) is 0 Å². The Labute approximate surface area is 82.6 Å². The summed E-state index contributed by atoms with van der Waals surface area (Å²) in [7, 11) is 0. The Hall–Kier alpha value is -0.740. The molecule has 0 amide bonds. The van der Waals surface area contributed by atoms with E-state index in [2.05, 4.69) is 17.9 Å². The zero-order valence-corrected chi connectivity index (χ0v) is 8.38. The zero-order chi connectivity index (χ0) is 9.14. The van der Waals surface area contributed by atoms with Gasteiger partial charge >= 0.3 is 0 Å². The SMILES string of the molecule is Cc1cccc(NC(N)=S)c1S. The average molecular weight is 198 g/mol. The van der Waals surface area contributed by atoms with Crippen molar-refractivity contribution in [2.75, 3.05) is 5.32 Å². The third-order valence-electron chi connectivity index (χ3n) is 1.50. The third kappa shape index (κ3) is 2.12. The van der Waals surface area contributed by atoms with Crippen molar-refractivity contribution in [2.24, 2.45) is 5.73 Å². The van der Waals surface area contributed by atoms with Crippen LogP contribution in [0.2, 0.25) is 0 Å². The molecule has 0 aromatic heterocycles. The van der Waals surface area contributed by atoms with E-state index < -0.39 is 0 Å². The molecule has 4 heteroatoms. The highest BCUT2D eigenvalue weighted by atomic mass is 32.1. The van der Waals surface area contributed by atoms with E-state index in [0.717, 1.165) is 16.1 Å². The van der Waals surface area contributed by atoms with Crippen LogP contribution < -0.4 is 11.1 Å². The van der Waals surface area contributed by atoms with E-state index in [1.165, 1.54) is 0 Å². The first-order valence-electron chi connectivity index (χ1n) is 3.46. The Morgan fingerprint density at radius 2 is 2.25 bits per heavy atom. The van der Waals surface area contributed by atoms with Gasteiger partial charge in [0.05, 0.1) is 5.69 Å². The van der Waals surface area contributed by atoms with Crippen LogP contribution in [-0.4, -0.2) is 5.11 Å². The molecule has 64 valence electrons. The monoisotopic (exact) mass is 198 g/mol. The number of nitrogens with one attached hydrogen (secondary N) is 1. The molecule has 0 bridgehead atoms. The molecule has 12 heavy (non-hydrogen) atoms. The Morgan fingerprint density at radius 1 is 1.58 bits per heavy atom. The van der Waals surface area contributed by atoms with Crippen molar-refractivity contribution in [1.82, 2.24) is 0 Å². The summed E-state index contributed by atoms with van der Waals surface area (Å²) in [6.45, 7) is 1.98. The Balaban J connectivity index is 3.00. The van der Waals surface area contributed by atoms with Crippen molar-refractivity contribution in [3.8, 4) is 0 Å². The molecular weight excluding hydrogens is 188 g/mol. The lowest BCUT2D eigenvalue weighted by Gasteiger charge is -2.08. The lowest BCUT2D eigenvalue weighted by Crippen LogP contribution is -2.19. The van der Waals surface area contributed by atoms with Gasteiger partial charge in [0.2, 0.25) is 0 Å². The molecule has 0 spiro atoms. The minimum absolute atomic E-state index is 0.260. The van der Waals surface area contributed by atoms with Crippen LogP contribution in [0, 0.1) is 6.92 Å². The van der Waals surface area contributed by atoms with E-state index in [0.29, 0.717) is 0 Å². The van der Waals surface area contributed by atoms with Gasteiger partial charge in [0.15, 0.2) is 5.11 Å². The van der Waals surface area contributed by atoms with Crippen LogP contribution in [0.15, 0.2) is 23.1 Å². The summed E-state index contributed by atoms with van der Waals surface area (Å²) in [5.74, 6) is 0. The normalized spacial score (nSPS) is 9.50. The maximum atomic E-state index is 5.33. The van der Waals surface area contributed by atoms with E-state index in [9.17, 15) is 0 Å². The summed E-state index contributed by atoms with van der Waals surface area (Å²) >= 11 is 9.02. The number of nitrogens with two attached hydrogens (primary N) is 1. The average Bonchev–Trinajstić information content (AvgIpc) is 1.98. The number of thiol groups is 1. The largest absolute Gasteiger partial charge is 0.376 e. The van der Waals surface area contributed by atoms with Crippen LogP contribution in [0.1, 0.15) is 5.56 Å². The highest BCUT2D eigenvalue weighted by Crippen LogP contribution is 2.22. The summed E-state index contributed by atoms with van der Waals surface area (Å²) in [5, 5.41) is 3.11. The fourth-order valence-corrected chi connectivity index (χ4v) is 1.21. The lowest BCUT2D eigenvalue weighted by molar-refractivity contribution is 1.31. The van der Waals surface area contributed by atoms with Crippen molar-refractivity contribution in [3.63, 3.8) is 0 Å². The lowest BCUT2D eigenvalue weighted by atomic mass is 10.2. The zero-order valence-electron chi connectivity index (χ0n) is 6.66. The number of hydrogen-bond donors (Lipinski definition) is 3. The minimum atomic E-state index is 0.260. The van der Waals surface area contributed by atoms with Crippen LogP contribution in [0.4, 0.5) is 5.69 Å². The summed E-state index contributed by atoms with van der Waals surface area (Å²) < 4.78 is 0. The summed E-state index contributed by atoms with van der Waals surface area (Å²) in [5.41, 5.74) is 7.28. The molecule has 0 aliphatic carbocycles. The Bertz CT molecular complexity index is 310. The van der Waals surface area contributed by atoms with Crippen molar-refractivity contribution < 1.29 is 0 Å². The van der Waals surface area contributed by atoms with E-state index in [4.69, 9.17) is 18.0 Å². The molecule has 1 rings (SSSR count). The van der Waals surface area contributed by atoms with Gasteiger partial charge in [-0.2, -0.15) is 0 Å². The van der Waals surface area contributed by atoms with Gasteiger partial charge in [0.1, 0.15) is 0 Å². The summed E-state index contributed by atoms with van der Waals surface area (Å²) in [6, 6.07) is 5.79. The van der Waals surface area contributed by atoms with Crippen molar-refractivity contribution in [1.29, 1.82) is 0 Å². The van der Waals surface area contributed by atoms with Crippen LogP contribution >= 0.6 is 24.8 Å². The summed E-state index contributed by atoms with van der Waals surface area (Å²) in [6.07, 6.45) is 0. The Morgan fingerprint density at radius 3 is 2.83 bits per heavy atom. The van der Waals surface area contributed by atoms with Gasteiger partial charge in [-0.05, 0) is 30.8 Å². The second-order valence-corrected chi connectivity index (χ2v) is 3.35. The number of rotatable bonds is 1. The first-order valence-corrected chi connectivity index (χ1v) is 4.32. The second-order valence-electron chi connectivity index (χ2n) is 2.46. The van der Waals surface area contributed by atoms with Crippen LogP contribution in [0.3, 0.4) is 0 Å².